The number of oxazole rings is 1. The van der Waals surface area contributed by atoms with Crippen LogP contribution >= 0.6 is 0 Å². The number of aryl methyl sites for hydroxylation is 1. The molecule has 5 nitrogen and oxygen atoms in total. The minimum atomic E-state index is -2.77. The Morgan fingerprint density at radius 3 is 2.91 bits per heavy atom. The Balaban J connectivity index is 1.44. The maximum absolute atomic E-state index is 11.5. The highest BCUT2D eigenvalue weighted by molar-refractivity contribution is 7.91. The van der Waals surface area contributed by atoms with Crippen molar-refractivity contribution in [2.45, 2.75) is 19.3 Å². The Labute approximate surface area is 131 Å². The third-order valence-corrected chi connectivity index (χ3v) is 6.00. The molecule has 0 amide bonds. The second-order valence-electron chi connectivity index (χ2n) is 6.21. The largest absolute Gasteiger partial charge is 0.441 e. The van der Waals surface area contributed by atoms with Gasteiger partial charge in [0.15, 0.2) is 21.3 Å². The van der Waals surface area contributed by atoms with Crippen LogP contribution in [0.15, 0.2) is 28.7 Å². The molecule has 1 atom stereocenters. The number of para-hydroxylation sites is 2. The van der Waals surface area contributed by atoms with Gasteiger partial charge < -0.3 is 9.32 Å². The first kappa shape index (κ1) is 15.5. The van der Waals surface area contributed by atoms with Gasteiger partial charge in [-0.15, -0.1) is 0 Å². The van der Waals surface area contributed by atoms with E-state index < -0.39 is 9.84 Å². The normalized spacial score (nSPS) is 20.9. The van der Waals surface area contributed by atoms with Crippen molar-refractivity contribution in [2.24, 2.45) is 5.92 Å². The molecular weight excluding hydrogens is 300 g/mol. The van der Waals surface area contributed by atoms with Gasteiger partial charge in [-0.2, -0.15) is 0 Å². The lowest BCUT2D eigenvalue weighted by Gasteiger charge is -2.19. The Hall–Kier alpha value is -1.40. The summed E-state index contributed by atoms with van der Waals surface area (Å²) in [6.45, 7) is 1.78. The highest BCUT2D eigenvalue weighted by Crippen LogP contribution is 2.19. The SMILES string of the molecule is CN(CCCc1nc2ccccc2o1)C[C@H]1CCS(=O)(=O)C1. The molecule has 120 valence electrons. The Morgan fingerprint density at radius 1 is 1.36 bits per heavy atom. The zero-order valence-corrected chi connectivity index (χ0v) is 13.7. The quantitative estimate of drug-likeness (QED) is 0.815. The molecule has 2 heterocycles. The fourth-order valence-corrected chi connectivity index (χ4v) is 4.92. The first-order valence-electron chi connectivity index (χ1n) is 7.75. The molecule has 1 fully saturated rings. The monoisotopic (exact) mass is 322 g/mol. The number of hydrogen-bond acceptors (Lipinski definition) is 5. The molecule has 1 saturated heterocycles. The minimum Gasteiger partial charge on any atom is -0.441 e. The van der Waals surface area contributed by atoms with Crippen LogP contribution in [0.3, 0.4) is 0 Å². The maximum Gasteiger partial charge on any atom is 0.195 e. The van der Waals surface area contributed by atoms with Gasteiger partial charge >= 0.3 is 0 Å². The van der Waals surface area contributed by atoms with Crippen LogP contribution in [-0.2, 0) is 16.3 Å². The standard InChI is InChI=1S/C16H22N2O3S/c1-18(11-13-8-10-22(19,20)12-13)9-4-7-16-17-14-5-2-3-6-15(14)21-16/h2-3,5-6,13H,4,7-12H2,1H3/t13-/m1/s1. The molecule has 0 unspecified atom stereocenters. The summed E-state index contributed by atoms with van der Waals surface area (Å²) in [5, 5.41) is 0. The first-order valence-corrected chi connectivity index (χ1v) is 9.57. The average Bonchev–Trinajstić information content (AvgIpc) is 3.01. The number of hydrogen-bond donors (Lipinski definition) is 0. The molecule has 1 aliphatic heterocycles. The molecular formula is C16H22N2O3S. The third kappa shape index (κ3) is 3.87. The summed E-state index contributed by atoms with van der Waals surface area (Å²) in [4.78, 5) is 6.68. The summed E-state index contributed by atoms with van der Waals surface area (Å²) in [5.74, 6) is 1.77. The van der Waals surface area contributed by atoms with E-state index in [1.807, 2.05) is 24.3 Å². The summed E-state index contributed by atoms with van der Waals surface area (Å²) in [6.07, 6.45) is 2.57. The third-order valence-electron chi connectivity index (χ3n) is 4.17. The van der Waals surface area contributed by atoms with Crippen LogP contribution in [0.2, 0.25) is 0 Å². The van der Waals surface area contributed by atoms with Crippen molar-refractivity contribution in [2.75, 3.05) is 31.6 Å². The van der Waals surface area contributed by atoms with Gasteiger partial charge in [-0.3, -0.25) is 0 Å². The van der Waals surface area contributed by atoms with Crippen LogP contribution in [0.5, 0.6) is 0 Å². The van der Waals surface area contributed by atoms with Crippen molar-refractivity contribution in [3.63, 3.8) is 0 Å². The molecule has 0 bridgehead atoms. The van der Waals surface area contributed by atoms with Gasteiger partial charge in [0, 0.05) is 13.0 Å². The number of sulfone groups is 1. The zero-order valence-electron chi connectivity index (χ0n) is 12.9. The predicted octanol–water partition coefficient (Wildman–Crippen LogP) is 2.13. The number of rotatable bonds is 6. The van der Waals surface area contributed by atoms with E-state index in [0.29, 0.717) is 17.4 Å². The van der Waals surface area contributed by atoms with Crippen molar-refractivity contribution in [1.29, 1.82) is 0 Å². The first-order chi connectivity index (χ1) is 10.5. The van der Waals surface area contributed by atoms with Gasteiger partial charge in [-0.25, -0.2) is 13.4 Å². The molecule has 0 saturated carbocycles. The van der Waals surface area contributed by atoms with Gasteiger partial charge in [0.05, 0.1) is 11.5 Å². The van der Waals surface area contributed by atoms with E-state index in [1.54, 1.807) is 0 Å². The van der Waals surface area contributed by atoms with E-state index >= 15 is 0 Å². The summed E-state index contributed by atoms with van der Waals surface area (Å²) in [6, 6.07) is 7.78. The Kier molecular flexibility index (Phi) is 4.49. The van der Waals surface area contributed by atoms with Gasteiger partial charge in [0.1, 0.15) is 5.52 Å². The lowest BCUT2D eigenvalue weighted by atomic mass is 10.1. The van der Waals surface area contributed by atoms with Crippen molar-refractivity contribution in [3.8, 4) is 0 Å². The van der Waals surface area contributed by atoms with Crippen LogP contribution in [0.25, 0.3) is 11.1 Å². The summed E-state index contributed by atoms with van der Waals surface area (Å²) >= 11 is 0. The van der Waals surface area contributed by atoms with Gasteiger partial charge in [-0.1, -0.05) is 12.1 Å². The van der Waals surface area contributed by atoms with E-state index in [0.717, 1.165) is 49.3 Å². The van der Waals surface area contributed by atoms with E-state index in [9.17, 15) is 8.42 Å². The fourth-order valence-electron chi connectivity index (χ4n) is 3.08. The maximum atomic E-state index is 11.5. The smallest absolute Gasteiger partial charge is 0.195 e. The molecule has 0 aliphatic carbocycles. The van der Waals surface area contributed by atoms with Gasteiger partial charge in [-0.05, 0) is 44.5 Å². The summed E-state index contributed by atoms with van der Waals surface area (Å²) in [7, 11) is -0.718. The molecule has 0 spiro atoms. The van der Waals surface area contributed by atoms with E-state index in [2.05, 4.69) is 16.9 Å². The van der Waals surface area contributed by atoms with Crippen molar-refractivity contribution in [3.05, 3.63) is 30.2 Å². The van der Waals surface area contributed by atoms with Crippen LogP contribution in [0, 0.1) is 5.92 Å². The summed E-state index contributed by atoms with van der Waals surface area (Å²) in [5.41, 5.74) is 1.74. The second kappa shape index (κ2) is 6.38. The zero-order chi connectivity index (χ0) is 15.6. The minimum absolute atomic E-state index is 0.291. The van der Waals surface area contributed by atoms with E-state index in [1.165, 1.54) is 0 Å². The predicted molar refractivity (Wildman–Crippen MR) is 86.6 cm³/mol. The van der Waals surface area contributed by atoms with Crippen molar-refractivity contribution < 1.29 is 12.8 Å². The van der Waals surface area contributed by atoms with Crippen LogP contribution in [-0.4, -0.2) is 49.9 Å². The Morgan fingerprint density at radius 2 is 2.18 bits per heavy atom. The molecule has 1 aliphatic rings. The average molecular weight is 322 g/mol. The molecule has 2 aromatic rings. The molecule has 6 heteroatoms. The number of nitrogens with zero attached hydrogens (tertiary/aromatic N) is 2. The van der Waals surface area contributed by atoms with Crippen molar-refractivity contribution in [1.82, 2.24) is 9.88 Å². The van der Waals surface area contributed by atoms with Crippen LogP contribution in [0.1, 0.15) is 18.7 Å². The van der Waals surface area contributed by atoms with E-state index in [4.69, 9.17) is 4.42 Å². The second-order valence-corrected chi connectivity index (χ2v) is 8.44. The lowest BCUT2D eigenvalue weighted by molar-refractivity contribution is 0.282. The molecule has 3 rings (SSSR count). The van der Waals surface area contributed by atoms with Crippen LogP contribution < -0.4 is 0 Å². The lowest BCUT2D eigenvalue weighted by Crippen LogP contribution is -2.27. The Bertz CT molecular complexity index is 706. The number of benzene rings is 1. The molecule has 22 heavy (non-hydrogen) atoms. The highest BCUT2D eigenvalue weighted by atomic mass is 32.2. The fraction of sp³-hybridized carbons (Fsp3) is 0.562. The number of aromatic nitrogens is 1. The topological polar surface area (TPSA) is 63.4 Å². The van der Waals surface area contributed by atoms with Gasteiger partial charge in [0.2, 0.25) is 0 Å². The van der Waals surface area contributed by atoms with E-state index in [-0.39, 0.29) is 0 Å². The highest BCUT2D eigenvalue weighted by Gasteiger charge is 2.28. The molecule has 1 aromatic carbocycles. The molecule has 1 aromatic heterocycles. The molecule has 0 N–H and O–H groups in total. The van der Waals surface area contributed by atoms with Crippen LogP contribution in [0.4, 0.5) is 0 Å². The molecule has 0 radical (unpaired) electrons. The van der Waals surface area contributed by atoms with Crippen molar-refractivity contribution >= 4 is 20.9 Å². The summed E-state index contributed by atoms with van der Waals surface area (Å²) < 4.78 is 28.6. The van der Waals surface area contributed by atoms with Gasteiger partial charge in [0.25, 0.3) is 0 Å². The number of fused-ring (bicyclic) bond motifs is 1.